The van der Waals surface area contributed by atoms with Crippen LogP contribution in [0, 0.1) is 0 Å². The molecule has 2 aliphatic heterocycles. The van der Waals surface area contributed by atoms with Gasteiger partial charge in [0.15, 0.2) is 0 Å². The third kappa shape index (κ3) is 4.66. The summed E-state index contributed by atoms with van der Waals surface area (Å²) in [5, 5.41) is 4.43. The first-order valence-corrected chi connectivity index (χ1v) is 10.9. The van der Waals surface area contributed by atoms with Crippen LogP contribution in [-0.2, 0) is 11.2 Å². The van der Waals surface area contributed by atoms with Crippen molar-refractivity contribution in [3.8, 4) is 5.75 Å². The van der Waals surface area contributed by atoms with E-state index < -0.39 is 0 Å². The zero-order valence-corrected chi connectivity index (χ0v) is 17.8. The third-order valence-corrected chi connectivity index (χ3v) is 5.75. The molecular weight excluding hydrogens is 380 g/mol. The molecule has 1 atom stereocenters. The maximum absolute atomic E-state index is 12.9. The van der Waals surface area contributed by atoms with E-state index in [4.69, 9.17) is 4.74 Å². The van der Waals surface area contributed by atoms with E-state index in [-0.39, 0.29) is 23.6 Å². The lowest BCUT2D eigenvalue weighted by molar-refractivity contribution is -0.132. The molecule has 2 aliphatic rings. The maximum atomic E-state index is 12.9. The number of benzene rings is 1. The molecule has 0 bridgehead atoms. The van der Waals surface area contributed by atoms with Gasteiger partial charge >= 0.3 is 0 Å². The molecule has 30 heavy (non-hydrogen) atoms. The Morgan fingerprint density at radius 3 is 2.73 bits per heavy atom. The molecule has 1 unspecified atom stereocenters. The van der Waals surface area contributed by atoms with Gasteiger partial charge in [0, 0.05) is 32.2 Å². The first-order valence-electron chi connectivity index (χ1n) is 10.9. The van der Waals surface area contributed by atoms with E-state index in [9.17, 15) is 9.59 Å². The molecule has 0 saturated carbocycles. The lowest BCUT2D eigenvalue weighted by Crippen LogP contribution is -2.44. The van der Waals surface area contributed by atoms with Crippen molar-refractivity contribution < 1.29 is 9.53 Å². The van der Waals surface area contributed by atoms with Crippen molar-refractivity contribution >= 4 is 11.6 Å². The first-order chi connectivity index (χ1) is 14.5. The van der Waals surface area contributed by atoms with Crippen LogP contribution in [0.2, 0.25) is 0 Å². The van der Waals surface area contributed by atoms with Crippen LogP contribution in [0.4, 0.5) is 5.69 Å². The number of amides is 1. The summed E-state index contributed by atoms with van der Waals surface area (Å²) in [6, 6.07) is 9.31. The summed E-state index contributed by atoms with van der Waals surface area (Å²) in [6.45, 7) is 7.19. The standard InChI is InChI=1S/C23H30N4O3/c1-17(2)30-21-8-3-6-18(12-21)13-22(28)26-9-4-7-19(16-26)27-23(29)14-20(15-24-27)25-10-5-11-25/h3,6,8,12,14-15,17,19H,4-5,7,9-11,13,16H2,1-2H3. The van der Waals surface area contributed by atoms with E-state index in [1.165, 1.54) is 0 Å². The number of ether oxygens (including phenoxy) is 1. The number of likely N-dealkylation sites (tertiary alicyclic amines) is 1. The Kier molecular flexibility index (Phi) is 6.06. The molecule has 2 saturated heterocycles. The largest absolute Gasteiger partial charge is 0.491 e. The zero-order valence-electron chi connectivity index (χ0n) is 17.8. The van der Waals surface area contributed by atoms with Gasteiger partial charge in [-0.2, -0.15) is 5.10 Å². The Hall–Kier alpha value is -2.83. The Morgan fingerprint density at radius 1 is 1.20 bits per heavy atom. The fourth-order valence-corrected chi connectivity index (χ4v) is 4.10. The summed E-state index contributed by atoms with van der Waals surface area (Å²) < 4.78 is 7.29. The minimum Gasteiger partial charge on any atom is -0.491 e. The van der Waals surface area contributed by atoms with Gasteiger partial charge in [-0.1, -0.05) is 12.1 Å². The molecule has 1 aromatic carbocycles. The van der Waals surface area contributed by atoms with E-state index in [2.05, 4.69) is 10.00 Å². The summed E-state index contributed by atoms with van der Waals surface area (Å²) in [7, 11) is 0. The maximum Gasteiger partial charge on any atom is 0.269 e. The minimum atomic E-state index is -0.0859. The molecule has 160 valence electrons. The summed E-state index contributed by atoms with van der Waals surface area (Å²) >= 11 is 0. The second-order valence-electron chi connectivity index (χ2n) is 8.46. The number of anilines is 1. The Balaban J connectivity index is 1.41. The summed E-state index contributed by atoms with van der Waals surface area (Å²) in [5.74, 6) is 0.858. The van der Waals surface area contributed by atoms with Crippen LogP contribution in [0.15, 0.2) is 41.3 Å². The van der Waals surface area contributed by atoms with Crippen LogP contribution in [0.25, 0.3) is 0 Å². The Bertz CT molecular complexity index is 951. The third-order valence-electron chi connectivity index (χ3n) is 5.75. The fourth-order valence-electron chi connectivity index (χ4n) is 4.10. The number of hydrogen-bond acceptors (Lipinski definition) is 5. The number of carbonyl (C=O) groups is 1. The highest BCUT2D eigenvalue weighted by Crippen LogP contribution is 2.23. The van der Waals surface area contributed by atoms with Crippen LogP contribution in [0.1, 0.15) is 44.7 Å². The van der Waals surface area contributed by atoms with E-state index >= 15 is 0 Å². The fraction of sp³-hybridized carbons (Fsp3) is 0.522. The molecule has 0 spiro atoms. The molecule has 4 rings (SSSR count). The molecule has 2 fully saturated rings. The molecule has 1 amide bonds. The highest BCUT2D eigenvalue weighted by Gasteiger charge is 2.26. The number of hydrogen-bond donors (Lipinski definition) is 0. The highest BCUT2D eigenvalue weighted by atomic mass is 16.5. The van der Waals surface area contributed by atoms with Gasteiger partial charge in [-0.25, -0.2) is 4.68 Å². The summed E-state index contributed by atoms with van der Waals surface area (Å²) in [6.07, 6.45) is 5.10. The monoisotopic (exact) mass is 410 g/mol. The van der Waals surface area contributed by atoms with Crippen LogP contribution in [0.5, 0.6) is 5.75 Å². The van der Waals surface area contributed by atoms with E-state index in [1.54, 1.807) is 16.9 Å². The second-order valence-corrected chi connectivity index (χ2v) is 8.46. The predicted molar refractivity (Wildman–Crippen MR) is 116 cm³/mol. The van der Waals surface area contributed by atoms with Gasteiger partial charge in [0.1, 0.15) is 5.75 Å². The molecule has 7 nitrogen and oxygen atoms in total. The van der Waals surface area contributed by atoms with Crippen molar-refractivity contribution in [1.29, 1.82) is 0 Å². The molecule has 2 aromatic rings. The summed E-state index contributed by atoms with van der Waals surface area (Å²) in [4.78, 5) is 29.6. The molecule has 3 heterocycles. The van der Waals surface area contributed by atoms with Crippen molar-refractivity contribution in [3.05, 3.63) is 52.4 Å². The van der Waals surface area contributed by atoms with Crippen molar-refractivity contribution in [2.24, 2.45) is 0 Å². The van der Waals surface area contributed by atoms with Crippen molar-refractivity contribution in [2.75, 3.05) is 31.1 Å². The van der Waals surface area contributed by atoms with Gasteiger partial charge in [-0.3, -0.25) is 9.59 Å². The lowest BCUT2D eigenvalue weighted by Gasteiger charge is -2.34. The average molecular weight is 411 g/mol. The summed E-state index contributed by atoms with van der Waals surface area (Å²) in [5.41, 5.74) is 1.75. The number of piperidine rings is 1. The molecule has 7 heteroatoms. The van der Waals surface area contributed by atoms with E-state index in [0.717, 1.165) is 55.9 Å². The van der Waals surface area contributed by atoms with Crippen LogP contribution >= 0.6 is 0 Å². The molecule has 1 aromatic heterocycles. The number of nitrogens with zero attached hydrogens (tertiary/aromatic N) is 4. The molecule has 0 aliphatic carbocycles. The molecular formula is C23H30N4O3. The van der Waals surface area contributed by atoms with Gasteiger partial charge < -0.3 is 14.5 Å². The van der Waals surface area contributed by atoms with Crippen LogP contribution < -0.4 is 15.2 Å². The normalized spacial score (nSPS) is 19.0. The Labute approximate surface area is 177 Å². The number of rotatable bonds is 6. The quantitative estimate of drug-likeness (QED) is 0.732. The van der Waals surface area contributed by atoms with Crippen LogP contribution in [0.3, 0.4) is 0 Å². The van der Waals surface area contributed by atoms with Gasteiger partial charge in [-0.05, 0) is 50.8 Å². The first kappa shape index (κ1) is 20.4. The zero-order chi connectivity index (χ0) is 21.1. The van der Waals surface area contributed by atoms with Gasteiger partial charge in [0.2, 0.25) is 5.91 Å². The SMILES string of the molecule is CC(C)Oc1cccc(CC(=O)N2CCCC(n3ncc(N4CCC4)cc3=O)C2)c1. The molecule has 0 radical (unpaired) electrons. The van der Waals surface area contributed by atoms with Crippen molar-refractivity contribution in [3.63, 3.8) is 0 Å². The second kappa shape index (κ2) is 8.90. The number of aromatic nitrogens is 2. The van der Waals surface area contributed by atoms with Gasteiger partial charge in [0.05, 0.1) is 30.5 Å². The Morgan fingerprint density at radius 2 is 2.03 bits per heavy atom. The predicted octanol–water partition coefficient (Wildman–Crippen LogP) is 2.65. The van der Waals surface area contributed by atoms with E-state index in [0.29, 0.717) is 13.0 Å². The smallest absolute Gasteiger partial charge is 0.269 e. The highest BCUT2D eigenvalue weighted by molar-refractivity contribution is 5.79. The van der Waals surface area contributed by atoms with Crippen LogP contribution in [-0.4, -0.2) is 52.9 Å². The van der Waals surface area contributed by atoms with Crippen molar-refractivity contribution in [1.82, 2.24) is 14.7 Å². The topological polar surface area (TPSA) is 67.7 Å². The number of carbonyl (C=O) groups excluding carboxylic acids is 1. The van der Waals surface area contributed by atoms with Crippen molar-refractivity contribution in [2.45, 2.75) is 51.7 Å². The minimum absolute atomic E-state index is 0.0729. The van der Waals surface area contributed by atoms with Gasteiger partial charge in [0.25, 0.3) is 5.56 Å². The van der Waals surface area contributed by atoms with E-state index in [1.807, 2.05) is 43.0 Å². The average Bonchev–Trinajstić information content (AvgIpc) is 2.66. The van der Waals surface area contributed by atoms with Gasteiger partial charge in [-0.15, -0.1) is 0 Å². The molecule has 0 N–H and O–H groups in total. The lowest BCUT2D eigenvalue weighted by atomic mass is 10.0.